The quantitative estimate of drug-likeness (QED) is 0.480. The van der Waals surface area contributed by atoms with Crippen LogP contribution < -0.4 is 16.2 Å². The first-order valence-corrected chi connectivity index (χ1v) is 11.5. The van der Waals surface area contributed by atoms with Gasteiger partial charge in [0.1, 0.15) is 11.2 Å². The summed E-state index contributed by atoms with van der Waals surface area (Å²) in [5, 5.41) is 6.71. The van der Waals surface area contributed by atoms with Gasteiger partial charge in [-0.25, -0.2) is 23.7 Å². The topological polar surface area (TPSA) is 89.7 Å². The summed E-state index contributed by atoms with van der Waals surface area (Å²) in [6.07, 6.45) is 2.28. The van der Waals surface area contributed by atoms with Crippen molar-refractivity contribution in [3.8, 4) is 5.82 Å². The van der Waals surface area contributed by atoms with Crippen molar-refractivity contribution in [2.45, 2.75) is 52.6 Å². The molecule has 0 saturated carbocycles. The van der Waals surface area contributed by atoms with Gasteiger partial charge in [-0.2, -0.15) is 4.98 Å². The number of anilines is 2. The van der Waals surface area contributed by atoms with Gasteiger partial charge in [-0.1, -0.05) is 26.8 Å². The first-order valence-electron chi connectivity index (χ1n) is 11.5. The molecule has 0 unspecified atom stereocenters. The van der Waals surface area contributed by atoms with Gasteiger partial charge in [0, 0.05) is 41.6 Å². The fourth-order valence-electron chi connectivity index (χ4n) is 4.32. The van der Waals surface area contributed by atoms with Gasteiger partial charge in [0.15, 0.2) is 11.5 Å². The van der Waals surface area contributed by atoms with E-state index in [0.29, 0.717) is 41.2 Å². The largest absolute Gasteiger partial charge is 0.324 e. The molecule has 0 atom stereocenters. The minimum absolute atomic E-state index is 0.149. The van der Waals surface area contributed by atoms with E-state index >= 15 is 0 Å². The SMILES string of the molecule is CCn1c(=O)c2cnc(Nc3cc(F)c4c(c3)CCNC4)nc2n1-c1cccc(C(C)(C)C)n1. The summed E-state index contributed by atoms with van der Waals surface area (Å²) >= 11 is 0. The van der Waals surface area contributed by atoms with E-state index < -0.39 is 0 Å². The van der Waals surface area contributed by atoms with Crippen molar-refractivity contribution in [1.82, 2.24) is 29.6 Å². The van der Waals surface area contributed by atoms with Gasteiger partial charge in [0.2, 0.25) is 5.95 Å². The molecule has 0 saturated heterocycles. The predicted octanol–water partition coefficient (Wildman–Crippen LogP) is 3.82. The van der Waals surface area contributed by atoms with Gasteiger partial charge in [0.05, 0.1) is 0 Å². The second-order valence-electron chi connectivity index (χ2n) is 9.54. The number of pyridine rings is 1. The highest BCUT2D eigenvalue weighted by molar-refractivity contribution is 5.77. The lowest BCUT2D eigenvalue weighted by Gasteiger charge is -2.19. The predicted molar refractivity (Wildman–Crippen MR) is 130 cm³/mol. The minimum atomic E-state index is -0.259. The molecule has 4 aromatic rings. The van der Waals surface area contributed by atoms with Gasteiger partial charge in [0.25, 0.3) is 5.56 Å². The van der Waals surface area contributed by atoms with Crippen molar-refractivity contribution in [2.75, 3.05) is 11.9 Å². The number of nitrogens with one attached hydrogen (secondary N) is 2. The number of hydrogen-bond donors (Lipinski definition) is 2. The fraction of sp³-hybridized carbons (Fsp3) is 0.360. The normalized spacial score (nSPS) is 13.8. The van der Waals surface area contributed by atoms with E-state index in [1.165, 1.54) is 12.3 Å². The third-order valence-corrected chi connectivity index (χ3v) is 6.11. The Balaban J connectivity index is 1.61. The van der Waals surface area contributed by atoms with Crippen LogP contribution in [0.15, 0.2) is 41.3 Å². The number of benzene rings is 1. The van der Waals surface area contributed by atoms with E-state index in [1.54, 1.807) is 9.36 Å². The van der Waals surface area contributed by atoms with E-state index in [2.05, 4.69) is 41.4 Å². The average Bonchev–Trinajstić information content (AvgIpc) is 3.09. The number of rotatable bonds is 4. The first kappa shape index (κ1) is 22.2. The summed E-state index contributed by atoms with van der Waals surface area (Å²) in [4.78, 5) is 26.9. The summed E-state index contributed by atoms with van der Waals surface area (Å²) in [6.45, 7) is 9.98. The van der Waals surface area contributed by atoms with Crippen LogP contribution in [-0.4, -0.2) is 30.9 Å². The fourth-order valence-corrected chi connectivity index (χ4v) is 4.32. The van der Waals surface area contributed by atoms with Crippen LogP contribution in [0.1, 0.15) is 44.5 Å². The molecular weight excluding hydrogens is 433 g/mol. The molecule has 0 fully saturated rings. The standard InChI is InChI=1S/C25H28FN7O/c1-5-32-23(34)18-14-28-24(29-16-11-15-9-10-27-13-17(15)19(26)12-16)31-22(18)33(32)21-8-6-7-20(30-21)25(2,3)4/h6-8,11-12,14,27H,5,9-10,13H2,1-4H3,(H,28,29,31). The van der Waals surface area contributed by atoms with Crippen molar-refractivity contribution < 1.29 is 4.39 Å². The molecular formula is C25H28FN7O. The molecule has 9 heteroatoms. The third kappa shape index (κ3) is 3.86. The van der Waals surface area contributed by atoms with Gasteiger partial charge in [-0.15, -0.1) is 0 Å². The lowest BCUT2D eigenvalue weighted by atomic mass is 9.92. The summed E-state index contributed by atoms with van der Waals surface area (Å²) in [5.41, 5.74) is 3.28. The van der Waals surface area contributed by atoms with Crippen LogP contribution in [-0.2, 0) is 24.9 Å². The van der Waals surface area contributed by atoms with E-state index in [-0.39, 0.29) is 22.7 Å². The Morgan fingerprint density at radius 1 is 1.21 bits per heavy atom. The number of fused-ring (bicyclic) bond motifs is 2. The Kier molecular flexibility index (Phi) is 5.44. The van der Waals surface area contributed by atoms with E-state index in [4.69, 9.17) is 4.98 Å². The summed E-state index contributed by atoms with van der Waals surface area (Å²) in [5.74, 6) is 0.638. The first-order chi connectivity index (χ1) is 16.3. The number of hydrogen-bond acceptors (Lipinski definition) is 6. The van der Waals surface area contributed by atoms with Gasteiger partial charge in [-0.3, -0.25) is 4.79 Å². The van der Waals surface area contributed by atoms with Crippen LogP contribution in [0, 0.1) is 5.82 Å². The maximum absolute atomic E-state index is 14.6. The molecule has 1 aliphatic rings. The van der Waals surface area contributed by atoms with Crippen LogP contribution in [0.3, 0.4) is 0 Å². The molecule has 8 nitrogen and oxygen atoms in total. The van der Waals surface area contributed by atoms with Crippen molar-refractivity contribution in [2.24, 2.45) is 0 Å². The highest BCUT2D eigenvalue weighted by Crippen LogP contribution is 2.26. The Morgan fingerprint density at radius 3 is 2.79 bits per heavy atom. The van der Waals surface area contributed by atoms with Gasteiger partial charge in [-0.05, 0) is 49.7 Å². The zero-order valence-corrected chi connectivity index (χ0v) is 19.8. The summed E-state index contributed by atoms with van der Waals surface area (Å²) < 4.78 is 18.0. The molecule has 5 rings (SSSR count). The Morgan fingerprint density at radius 2 is 2.03 bits per heavy atom. The molecule has 2 N–H and O–H groups in total. The average molecular weight is 462 g/mol. The van der Waals surface area contributed by atoms with Crippen molar-refractivity contribution in [3.05, 3.63) is 69.5 Å². The smallest absolute Gasteiger partial charge is 0.278 e. The van der Waals surface area contributed by atoms with Crippen molar-refractivity contribution in [3.63, 3.8) is 0 Å². The molecule has 34 heavy (non-hydrogen) atoms. The molecule has 0 radical (unpaired) electrons. The second-order valence-corrected chi connectivity index (χ2v) is 9.54. The molecule has 0 aliphatic carbocycles. The third-order valence-electron chi connectivity index (χ3n) is 6.11. The molecule has 176 valence electrons. The van der Waals surface area contributed by atoms with Gasteiger partial charge >= 0.3 is 0 Å². The summed E-state index contributed by atoms with van der Waals surface area (Å²) in [6, 6.07) is 9.17. The Hall–Kier alpha value is -3.59. The Labute approximate surface area is 196 Å². The minimum Gasteiger partial charge on any atom is -0.324 e. The molecule has 1 aliphatic heterocycles. The van der Waals surface area contributed by atoms with Crippen LogP contribution in [0.2, 0.25) is 0 Å². The van der Waals surface area contributed by atoms with Gasteiger partial charge < -0.3 is 10.6 Å². The van der Waals surface area contributed by atoms with Crippen LogP contribution >= 0.6 is 0 Å². The number of halogens is 1. The summed E-state index contributed by atoms with van der Waals surface area (Å²) in [7, 11) is 0. The lowest BCUT2D eigenvalue weighted by Crippen LogP contribution is -2.24. The zero-order valence-electron chi connectivity index (χ0n) is 19.8. The maximum atomic E-state index is 14.6. The number of nitrogens with zero attached hydrogens (tertiary/aromatic N) is 5. The van der Waals surface area contributed by atoms with E-state index in [0.717, 1.165) is 24.2 Å². The van der Waals surface area contributed by atoms with Crippen LogP contribution in [0.25, 0.3) is 16.9 Å². The van der Waals surface area contributed by atoms with Crippen LogP contribution in [0.5, 0.6) is 0 Å². The van der Waals surface area contributed by atoms with Crippen LogP contribution in [0.4, 0.5) is 16.0 Å². The molecule has 0 spiro atoms. The van der Waals surface area contributed by atoms with E-state index in [1.807, 2.05) is 31.2 Å². The lowest BCUT2D eigenvalue weighted by molar-refractivity contribution is 0.545. The molecule has 3 aromatic heterocycles. The highest BCUT2D eigenvalue weighted by atomic mass is 19.1. The number of aromatic nitrogens is 5. The van der Waals surface area contributed by atoms with E-state index in [9.17, 15) is 9.18 Å². The second kappa shape index (κ2) is 8.32. The van der Waals surface area contributed by atoms with Crippen molar-refractivity contribution >= 4 is 22.7 Å². The molecule has 1 aromatic carbocycles. The maximum Gasteiger partial charge on any atom is 0.278 e. The molecule has 4 heterocycles. The molecule has 0 bridgehead atoms. The Bertz CT molecular complexity index is 1450. The highest BCUT2D eigenvalue weighted by Gasteiger charge is 2.21. The zero-order chi connectivity index (χ0) is 24.0. The molecule has 0 amide bonds. The monoisotopic (exact) mass is 461 g/mol. The van der Waals surface area contributed by atoms with Crippen molar-refractivity contribution in [1.29, 1.82) is 0 Å².